The Morgan fingerprint density at radius 3 is 2.50 bits per heavy atom. The third-order valence-electron chi connectivity index (χ3n) is 4.15. The number of amides is 1. The van der Waals surface area contributed by atoms with Gasteiger partial charge in [-0.1, -0.05) is 26.0 Å². The molecule has 2 heterocycles. The van der Waals surface area contributed by atoms with E-state index < -0.39 is 0 Å². The smallest absolute Gasteiger partial charge is 0.255 e. The number of anilines is 2. The topological polar surface area (TPSA) is 54.5 Å². The molecule has 1 aromatic heterocycles. The number of nitrogens with zero attached hydrogens (tertiary/aromatic N) is 2. The van der Waals surface area contributed by atoms with Gasteiger partial charge >= 0.3 is 0 Å². The Balaban J connectivity index is 1.71. The minimum absolute atomic E-state index is 0.00426. The van der Waals surface area contributed by atoms with E-state index >= 15 is 0 Å². The van der Waals surface area contributed by atoms with Gasteiger partial charge in [-0.3, -0.25) is 9.78 Å². The van der Waals surface area contributed by atoms with E-state index in [-0.39, 0.29) is 5.91 Å². The largest absolute Gasteiger partial charge is 0.378 e. The Labute approximate surface area is 142 Å². The van der Waals surface area contributed by atoms with Gasteiger partial charge in [0, 0.05) is 25.0 Å². The lowest BCUT2D eigenvalue weighted by Crippen LogP contribution is -2.40. The highest BCUT2D eigenvalue weighted by molar-refractivity contribution is 5.95. The summed E-state index contributed by atoms with van der Waals surface area (Å²) >= 11 is 0. The van der Waals surface area contributed by atoms with Gasteiger partial charge in [0.15, 0.2) is 0 Å². The second-order valence-corrected chi connectivity index (χ2v) is 6.27. The van der Waals surface area contributed by atoms with E-state index in [0.29, 0.717) is 37.8 Å². The van der Waals surface area contributed by atoms with E-state index in [1.165, 1.54) is 5.56 Å². The first kappa shape index (κ1) is 16.5. The number of pyridine rings is 1. The zero-order valence-electron chi connectivity index (χ0n) is 14.2. The molecule has 1 fully saturated rings. The lowest BCUT2D eigenvalue weighted by atomic mass is 10.0. The molecule has 0 bridgehead atoms. The number of carbonyl (C=O) groups excluding carboxylic acids is 1. The quantitative estimate of drug-likeness (QED) is 0.936. The Morgan fingerprint density at radius 2 is 1.83 bits per heavy atom. The molecule has 1 aliphatic heterocycles. The Kier molecular flexibility index (Phi) is 5.11. The average Bonchev–Trinajstić information content (AvgIpc) is 2.62. The molecule has 1 aromatic carbocycles. The minimum atomic E-state index is 0.00426. The van der Waals surface area contributed by atoms with Crippen molar-refractivity contribution in [3.8, 4) is 0 Å². The summed E-state index contributed by atoms with van der Waals surface area (Å²) in [6.07, 6.45) is 3.34. The second kappa shape index (κ2) is 7.45. The first-order chi connectivity index (χ1) is 11.6. The fourth-order valence-corrected chi connectivity index (χ4v) is 2.69. The van der Waals surface area contributed by atoms with E-state index in [2.05, 4.69) is 36.3 Å². The van der Waals surface area contributed by atoms with Gasteiger partial charge in [0.05, 0.1) is 30.7 Å². The molecular weight excluding hydrogens is 302 g/mol. The van der Waals surface area contributed by atoms with E-state index in [4.69, 9.17) is 4.74 Å². The number of aromatic nitrogens is 1. The summed E-state index contributed by atoms with van der Waals surface area (Å²) in [5.74, 6) is 0.514. The van der Waals surface area contributed by atoms with Crippen LogP contribution >= 0.6 is 0 Å². The summed E-state index contributed by atoms with van der Waals surface area (Å²) < 4.78 is 5.29. The van der Waals surface area contributed by atoms with Crippen LogP contribution in [-0.4, -0.2) is 42.1 Å². The van der Waals surface area contributed by atoms with Gasteiger partial charge < -0.3 is 15.0 Å². The summed E-state index contributed by atoms with van der Waals surface area (Å²) in [6.45, 7) is 6.80. The Hall–Kier alpha value is -2.40. The molecule has 3 rings (SSSR count). The monoisotopic (exact) mass is 325 g/mol. The maximum absolute atomic E-state index is 12.5. The maximum Gasteiger partial charge on any atom is 0.255 e. The number of nitrogens with one attached hydrogen (secondary N) is 1. The van der Waals surface area contributed by atoms with E-state index in [1.54, 1.807) is 12.4 Å². The lowest BCUT2D eigenvalue weighted by molar-refractivity contribution is 0.0302. The molecule has 1 aliphatic rings. The summed E-state index contributed by atoms with van der Waals surface area (Å²) in [5, 5.41) is 3.31. The van der Waals surface area contributed by atoms with Crippen LogP contribution in [0.1, 0.15) is 35.7 Å². The number of hydrogen-bond acceptors (Lipinski definition) is 4. The van der Waals surface area contributed by atoms with Gasteiger partial charge in [-0.2, -0.15) is 0 Å². The van der Waals surface area contributed by atoms with Crippen molar-refractivity contribution in [3.05, 3.63) is 53.9 Å². The first-order valence-electron chi connectivity index (χ1n) is 8.32. The molecule has 0 unspecified atom stereocenters. The number of benzene rings is 1. The first-order valence-corrected chi connectivity index (χ1v) is 8.32. The van der Waals surface area contributed by atoms with Crippen LogP contribution in [0.2, 0.25) is 0 Å². The molecule has 126 valence electrons. The van der Waals surface area contributed by atoms with Crippen molar-refractivity contribution < 1.29 is 9.53 Å². The number of morpholine rings is 1. The summed E-state index contributed by atoms with van der Waals surface area (Å²) in [6, 6.07) is 10.2. The highest BCUT2D eigenvalue weighted by atomic mass is 16.5. The van der Waals surface area contributed by atoms with Crippen LogP contribution in [0, 0.1) is 0 Å². The van der Waals surface area contributed by atoms with Crippen molar-refractivity contribution in [1.29, 1.82) is 0 Å². The molecule has 5 nitrogen and oxygen atoms in total. The predicted molar refractivity (Wildman–Crippen MR) is 94.8 cm³/mol. The van der Waals surface area contributed by atoms with E-state index in [0.717, 1.165) is 11.4 Å². The zero-order valence-corrected chi connectivity index (χ0v) is 14.2. The summed E-state index contributed by atoms with van der Waals surface area (Å²) in [4.78, 5) is 18.5. The van der Waals surface area contributed by atoms with Gasteiger partial charge in [0.1, 0.15) is 0 Å². The lowest BCUT2D eigenvalue weighted by Gasteiger charge is -2.26. The van der Waals surface area contributed by atoms with Gasteiger partial charge in [0.25, 0.3) is 5.91 Å². The fourth-order valence-electron chi connectivity index (χ4n) is 2.69. The minimum Gasteiger partial charge on any atom is -0.378 e. The van der Waals surface area contributed by atoms with Crippen molar-refractivity contribution in [1.82, 2.24) is 9.88 Å². The Morgan fingerprint density at radius 1 is 1.12 bits per heavy atom. The van der Waals surface area contributed by atoms with Crippen LogP contribution < -0.4 is 5.32 Å². The molecule has 24 heavy (non-hydrogen) atoms. The zero-order chi connectivity index (χ0) is 16.9. The fraction of sp³-hybridized carbons (Fsp3) is 0.368. The highest BCUT2D eigenvalue weighted by Gasteiger charge is 2.19. The van der Waals surface area contributed by atoms with Crippen LogP contribution in [0.15, 0.2) is 42.7 Å². The van der Waals surface area contributed by atoms with Crippen molar-refractivity contribution in [2.75, 3.05) is 31.6 Å². The normalized spacial score (nSPS) is 14.7. The number of rotatable bonds is 4. The molecular formula is C19H23N3O2. The molecule has 1 N–H and O–H groups in total. The molecule has 0 radical (unpaired) electrons. The molecule has 1 saturated heterocycles. The molecule has 2 aromatic rings. The third-order valence-corrected chi connectivity index (χ3v) is 4.15. The number of carbonyl (C=O) groups is 1. The number of ether oxygens (including phenoxy) is 1. The Bertz CT molecular complexity index is 692. The predicted octanol–water partition coefficient (Wildman–Crippen LogP) is 3.42. The van der Waals surface area contributed by atoms with Crippen LogP contribution in [0.3, 0.4) is 0 Å². The molecule has 5 heteroatoms. The van der Waals surface area contributed by atoms with Crippen LogP contribution in [-0.2, 0) is 4.74 Å². The summed E-state index contributed by atoms with van der Waals surface area (Å²) in [7, 11) is 0. The molecule has 0 aliphatic carbocycles. The highest BCUT2D eigenvalue weighted by Crippen LogP contribution is 2.21. The van der Waals surface area contributed by atoms with Crippen LogP contribution in [0.25, 0.3) is 0 Å². The van der Waals surface area contributed by atoms with E-state index in [9.17, 15) is 4.79 Å². The molecule has 0 saturated carbocycles. The second-order valence-electron chi connectivity index (χ2n) is 6.27. The van der Waals surface area contributed by atoms with Crippen LogP contribution in [0.5, 0.6) is 0 Å². The van der Waals surface area contributed by atoms with Gasteiger partial charge in [0.2, 0.25) is 0 Å². The molecule has 0 spiro atoms. The number of hydrogen-bond donors (Lipinski definition) is 1. The van der Waals surface area contributed by atoms with Crippen molar-refractivity contribution in [2.24, 2.45) is 0 Å². The standard InChI is InChI=1S/C19H23N3O2/c1-14(2)15-3-5-17(6-4-15)21-18-11-16(12-20-13-18)19(23)22-7-9-24-10-8-22/h3-6,11-14,21H,7-10H2,1-2H3. The van der Waals surface area contributed by atoms with Gasteiger partial charge in [-0.25, -0.2) is 0 Å². The van der Waals surface area contributed by atoms with Crippen molar-refractivity contribution in [3.63, 3.8) is 0 Å². The molecule has 0 atom stereocenters. The third kappa shape index (κ3) is 3.92. The van der Waals surface area contributed by atoms with Gasteiger partial charge in [-0.05, 0) is 29.7 Å². The molecule has 1 amide bonds. The van der Waals surface area contributed by atoms with E-state index in [1.807, 2.05) is 23.1 Å². The summed E-state index contributed by atoms with van der Waals surface area (Å²) in [5.41, 5.74) is 3.69. The van der Waals surface area contributed by atoms with Crippen LogP contribution in [0.4, 0.5) is 11.4 Å². The maximum atomic E-state index is 12.5. The average molecular weight is 325 g/mol. The SMILES string of the molecule is CC(C)c1ccc(Nc2cncc(C(=O)N3CCOCC3)c2)cc1. The van der Waals surface area contributed by atoms with Crippen molar-refractivity contribution >= 4 is 17.3 Å². The van der Waals surface area contributed by atoms with Gasteiger partial charge in [-0.15, -0.1) is 0 Å². The van der Waals surface area contributed by atoms with Crippen molar-refractivity contribution in [2.45, 2.75) is 19.8 Å².